The molecule has 0 spiro atoms. The van der Waals surface area contributed by atoms with Gasteiger partial charge in [0.1, 0.15) is 11.3 Å². The number of fused-ring (bicyclic) bond motifs is 1. The number of methoxy groups -OCH3 is 1. The van der Waals surface area contributed by atoms with Crippen LogP contribution < -0.4 is 5.32 Å². The molecule has 0 fully saturated rings. The van der Waals surface area contributed by atoms with Crippen LogP contribution in [0.3, 0.4) is 0 Å². The number of aromatic nitrogens is 4. The summed E-state index contributed by atoms with van der Waals surface area (Å²) < 4.78 is 7.30. The van der Waals surface area contributed by atoms with E-state index < -0.39 is 0 Å². The lowest BCUT2D eigenvalue weighted by Gasteiger charge is -2.16. The summed E-state index contributed by atoms with van der Waals surface area (Å²) in [4.78, 5) is 13.5. The third-order valence-electron chi connectivity index (χ3n) is 3.74. The van der Waals surface area contributed by atoms with Gasteiger partial charge < -0.3 is 14.6 Å². The van der Waals surface area contributed by atoms with Crippen molar-refractivity contribution in [2.45, 2.75) is 26.4 Å². The standard InChI is InChI=1S/C17H21N5O/c1-12(14-6-4-5-8-18-14)19-17-16-15(20-13(2)21-17)7-9-22(16)10-11-23-3/h4-9,12H,10-11H2,1-3H3,(H,19,20,21). The van der Waals surface area contributed by atoms with Crippen molar-refractivity contribution in [3.05, 3.63) is 48.2 Å². The van der Waals surface area contributed by atoms with Crippen LogP contribution in [0.4, 0.5) is 5.82 Å². The van der Waals surface area contributed by atoms with E-state index in [4.69, 9.17) is 4.74 Å². The first-order valence-electron chi connectivity index (χ1n) is 7.69. The third kappa shape index (κ3) is 3.32. The number of rotatable bonds is 6. The summed E-state index contributed by atoms with van der Waals surface area (Å²) in [6.45, 7) is 5.39. The van der Waals surface area contributed by atoms with Crippen molar-refractivity contribution in [2.75, 3.05) is 19.0 Å². The summed E-state index contributed by atoms with van der Waals surface area (Å²) in [5.74, 6) is 1.57. The minimum atomic E-state index is 0.0551. The van der Waals surface area contributed by atoms with Crippen LogP contribution in [-0.2, 0) is 11.3 Å². The predicted octanol–water partition coefficient (Wildman–Crippen LogP) is 2.95. The van der Waals surface area contributed by atoms with E-state index in [2.05, 4.69) is 31.8 Å². The summed E-state index contributed by atoms with van der Waals surface area (Å²) in [7, 11) is 1.70. The molecule has 0 saturated heterocycles. The highest BCUT2D eigenvalue weighted by molar-refractivity contribution is 5.86. The molecular weight excluding hydrogens is 290 g/mol. The molecule has 0 aliphatic heterocycles. The molecule has 120 valence electrons. The maximum atomic E-state index is 5.19. The average Bonchev–Trinajstić information content (AvgIpc) is 2.96. The van der Waals surface area contributed by atoms with Gasteiger partial charge in [0.2, 0.25) is 0 Å². The highest BCUT2D eigenvalue weighted by Gasteiger charge is 2.14. The smallest absolute Gasteiger partial charge is 0.154 e. The molecule has 3 aromatic heterocycles. The minimum absolute atomic E-state index is 0.0551. The SMILES string of the molecule is COCCn1ccc2nc(C)nc(NC(C)c3ccccn3)c21. The van der Waals surface area contributed by atoms with Crippen LogP contribution in [0.2, 0.25) is 0 Å². The highest BCUT2D eigenvalue weighted by Crippen LogP contribution is 2.25. The Morgan fingerprint density at radius 2 is 2.13 bits per heavy atom. The number of hydrogen-bond acceptors (Lipinski definition) is 5. The molecule has 3 aromatic rings. The van der Waals surface area contributed by atoms with Gasteiger partial charge in [0.25, 0.3) is 0 Å². The molecule has 1 N–H and O–H groups in total. The van der Waals surface area contributed by atoms with Gasteiger partial charge in [0.05, 0.1) is 23.9 Å². The lowest BCUT2D eigenvalue weighted by atomic mass is 10.2. The number of nitrogens with zero attached hydrogens (tertiary/aromatic N) is 4. The first-order valence-corrected chi connectivity index (χ1v) is 7.69. The Morgan fingerprint density at radius 1 is 1.26 bits per heavy atom. The number of nitrogens with one attached hydrogen (secondary N) is 1. The molecule has 3 rings (SSSR count). The second-order valence-corrected chi connectivity index (χ2v) is 5.48. The van der Waals surface area contributed by atoms with E-state index in [1.165, 1.54) is 0 Å². The fraction of sp³-hybridized carbons (Fsp3) is 0.353. The number of pyridine rings is 1. The van der Waals surface area contributed by atoms with Gasteiger partial charge in [-0.2, -0.15) is 0 Å². The Bertz CT molecular complexity index is 784. The average molecular weight is 311 g/mol. The van der Waals surface area contributed by atoms with Crippen LogP contribution in [-0.4, -0.2) is 33.2 Å². The molecule has 0 radical (unpaired) electrons. The lowest BCUT2D eigenvalue weighted by Crippen LogP contribution is -2.12. The van der Waals surface area contributed by atoms with E-state index in [1.807, 2.05) is 37.4 Å². The molecule has 0 amide bonds. The molecule has 1 atom stereocenters. The quantitative estimate of drug-likeness (QED) is 0.758. The van der Waals surface area contributed by atoms with Gasteiger partial charge in [-0.1, -0.05) is 6.07 Å². The Labute approximate surface area is 135 Å². The highest BCUT2D eigenvalue weighted by atomic mass is 16.5. The predicted molar refractivity (Wildman–Crippen MR) is 90.4 cm³/mol. The van der Waals surface area contributed by atoms with Crippen molar-refractivity contribution in [2.24, 2.45) is 0 Å². The van der Waals surface area contributed by atoms with Crippen molar-refractivity contribution in [3.8, 4) is 0 Å². The summed E-state index contributed by atoms with van der Waals surface area (Å²) in [6.07, 6.45) is 3.82. The molecule has 3 heterocycles. The zero-order valence-electron chi connectivity index (χ0n) is 13.7. The number of ether oxygens (including phenoxy) is 1. The molecule has 0 bridgehead atoms. The van der Waals surface area contributed by atoms with Crippen LogP contribution in [0, 0.1) is 6.92 Å². The molecule has 0 aliphatic rings. The summed E-state index contributed by atoms with van der Waals surface area (Å²) in [6, 6.07) is 7.98. The van der Waals surface area contributed by atoms with E-state index in [1.54, 1.807) is 13.3 Å². The molecule has 6 heteroatoms. The topological polar surface area (TPSA) is 64.9 Å². The number of anilines is 1. The fourth-order valence-electron chi connectivity index (χ4n) is 2.61. The molecule has 0 saturated carbocycles. The normalized spacial score (nSPS) is 12.5. The van der Waals surface area contributed by atoms with Crippen molar-refractivity contribution in [1.82, 2.24) is 19.5 Å². The maximum absolute atomic E-state index is 5.19. The maximum Gasteiger partial charge on any atom is 0.154 e. The first kappa shape index (κ1) is 15.4. The molecule has 0 aromatic carbocycles. The summed E-state index contributed by atoms with van der Waals surface area (Å²) in [5.41, 5.74) is 2.91. The van der Waals surface area contributed by atoms with E-state index in [0.29, 0.717) is 6.61 Å². The molecule has 23 heavy (non-hydrogen) atoms. The van der Waals surface area contributed by atoms with Crippen LogP contribution in [0.25, 0.3) is 11.0 Å². The largest absolute Gasteiger partial charge is 0.383 e. The van der Waals surface area contributed by atoms with Crippen molar-refractivity contribution < 1.29 is 4.74 Å². The zero-order chi connectivity index (χ0) is 16.2. The zero-order valence-corrected chi connectivity index (χ0v) is 13.7. The molecule has 0 aliphatic carbocycles. The molecule has 1 unspecified atom stereocenters. The number of aryl methyl sites for hydroxylation is 1. The van der Waals surface area contributed by atoms with Gasteiger partial charge in [-0.3, -0.25) is 4.98 Å². The van der Waals surface area contributed by atoms with Crippen LogP contribution in [0.5, 0.6) is 0 Å². The molecule has 6 nitrogen and oxygen atoms in total. The van der Waals surface area contributed by atoms with E-state index in [-0.39, 0.29) is 6.04 Å². The van der Waals surface area contributed by atoms with Gasteiger partial charge in [-0.15, -0.1) is 0 Å². The van der Waals surface area contributed by atoms with E-state index in [0.717, 1.165) is 34.9 Å². The summed E-state index contributed by atoms with van der Waals surface area (Å²) >= 11 is 0. The van der Waals surface area contributed by atoms with Crippen molar-refractivity contribution in [1.29, 1.82) is 0 Å². The van der Waals surface area contributed by atoms with Crippen LogP contribution in [0.15, 0.2) is 36.7 Å². The van der Waals surface area contributed by atoms with Crippen LogP contribution in [0.1, 0.15) is 24.5 Å². The van der Waals surface area contributed by atoms with Gasteiger partial charge in [-0.05, 0) is 32.0 Å². The van der Waals surface area contributed by atoms with Crippen LogP contribution >= 0.6 is 0 Å². The van der Waals surface area contributed by atoms with Gasteiger partial charge >= 0.3 is 0 Å². The van der Waals surface area contributed by atoms with Crippen molar-refractivity contribution in [3.63, 3.8) is 0 Å². The first-order chi connectivity index (χ1) is 11.2. The number of hydrogen-bond donors (Lipinski definition) is 1. The van der Waals surface area contributed by atoms with Gasteiger partial charge in [0, 0.05) is 26.0 Å². The second kappa shape index (κ2) is 6.75. The Hall–Kier alpha value is -2.47. The fourth-order valence-corrected chi connectivity index (χ4v) is 2.61. The Balaban J connectivity index is 1.96. The second-order valence-electron chi connectivity index (χ2n) is 5.48. The summed E-state index contributed by atoms with van der Waals surface area (Å²) in [5, 5.41) is 3.47. The van der Waals surface area contributed by atoms with E-state index in [9.17, 15) is 0 Å². The van der Waals surface area contributed by atoms with E-state index >= 15 is 0 Å². The third-order valence-corrected chi connectivity index (χ3v) is 3.74. The minimum Gasteiger partial charge on any atom is -0.383 e. The Morgan fingerprint density at radius 3 is 2.87 bits per heavy atom. The monoisotopic (exact) mass is 311 g/mol. The Kier molecular flexibility index (Phi) is 4.52. The molecular formula is C17H21N5O. The van der Waals surface area contributed by atoms with Gasteiger partial charge in [0.15, 0.2) is 5.82 Å². The van der Waals surface area contributed by atoms with Gasteiger partial charge in [-0.25, -0.2) is 9.97 Å². The van der Waals surface area contributed by atoms with Crippen molar-refractivity contribution >= 4 is 16.9 Å². The lowest BCUT2D eigenvalue weighted by molar-refractivity contribution is 0.188.